The van der Waals surface area contributed by atoms with E-state index in [4.69, 9.17) is 9.47 Å². The van der Waals surface area contributed by atoms with Crippen LogP contribution in [0.1, 0.15) is 181 Å². The fourth-order valence-electron chi connectivity index (χ4n) is 4.90. The van der Waals surface area contributed by atoms with Gasteiger partial charge in [-0.1, -0.05) is 142 Å². The predicted molar refractivity (Wildman–Crippen MR) is 168 cm³/mol. The molecule has 0 aliphatic rings. The lowest BCUT2D eigenvalue weighted by atomic mass is 10.0. The highest BCUT2D eigenvalue weighted by Gasteiger charge is 2.16. The summed E-state index contributed by atoms with van der Waals surface area (Å²) >= 11 is 0. The van der Waals surface area contributed by atoms with E-state index in [9.17, 15) is 14.7 Å². The monoisotopic (exact) mass is 566 g/mol. The van der Waals surface area contributed by atoms with Gasteiger partial charge in [0, 0.05) is 12.8 Å². The molecule has 0 aliphatic carbocycles. The fraction of sp³-hybridized carbons (Fsp3) is 0.886. The summed E-state index contributed by atoms with van der Waals surface area (Å²) in [6.45, 7) is 4.11. The lowest BCUT2D eigenvalue weighted by molar-refractivity contribution is -0.161. The summed E-state index contributed by atoms with van der Waals surface area (Å²) in [5.41, 5.74) is 0. The molecular weight excluding hydrogens is 500 g/mol. The number of aliphatic hydroxyl groups is 1. The highest BCUT2D eigenvalue weighted by molar-refractivity contribution is 5.70. The van der Waals surface area contributed by atoms with Crippen LogP contribution in [-0.4, -0.2) is 36.4 Å². The van der Waals surface area contributed by atoms with Crippen molar-refractivity contribution < 1.29 is 24.2 Å². The first-order valence-electron chi connectivity index (χ1n) is 17.2. The Hall–Kier alpha value is -1.36. The van der Waals surface area contributed by atoms with Gasteiger partial charge in [0.2, 0.25) is 0 Å². The van der Waals surface area contributed by atoms with Gasteiger partial charge in [-0.05, 0) is 38.5 Å². The van der Waals surface area contributed by atoms with Gasteiger partial charge < -0.3 is 14.6 Å². The van der Waals surface area contributed by atoms with E-state index in [0.717, 1.165) is 44.9 Å². The summed E-state index contributed by atoms with van der Waals surface area (Å²) in [6, 6.07) is 0. The molecule has 0 fully saturated rings. The summed E-state index contributed by atoms with van der Waals surface area (Å²) in [4.78, 5) is 24.1. The molecule has 1 N–H and O–H groups in total. The van der Waals surface area contributed by atoms with E-state index < -0.39 is 6.10 Å². The zero-order valence-electron chi connectivity index (χ0n) is 26.6. The lowest BCUT2D eigenvalue weighted by Crippen LogP contribution is -2.28. The zero-order chi connectivity index (χ0) is 29.4. The number of hydrogen-bond acceptors (Lipinski definition) is 5. The number of rotatable bonds is 31. The van der Waals surface area contributed by atoms with Crippen molar-refractivity contribution in [3.63, 3.8) is 0 Å². The molecule has 0 saturated heterocycles. The molecular formula is C35H66O5. The second-order valence-corrected chi connectivity index (χ2v) is 11.6. The average molecular weight is 567 g/mol. The first-order chi connectivity index (χ1) is 19.6. The van der Waals surface area contributed by atoms with Crippen molar-refractivity contribution in [3.05, 3.63) is 12.2 Å². The minimum Gasteiger partial charge on any atom is -0.462 e. The Bertz CT molecular complexity index is 574. The molecule has 0 amide bonds. The van der Waals surface area contributed by atoms with Crippen LogP contribution >= 0.6 is 0 Å². The Kier molecular flexibility index (Phi) is 31.1. The molecule has 0 radical (unpaired) electrons. The zero-order valence-corrected chi connectivity index (χ0v) is 26.6. The first-order valence-corrected chi connectivity index (χ1v) is 17.2. The van der Waals surface area contributed by atoms with Crippen LogP contribution < -0.4 is 0 Å². The average Bonchev–Trinajstić information content (AvgIpc) is 2.96. The van der Waals surface area contributed by atoms with Gasteiger partial charge in [-0.25, -0.2) is 0 Å². The molecule has 236 valence electrons. The number of ether oxygens (including phenoxy) is 2. The number of allylic oxidation sites excluding steroid dienone is 2. The van der Waals surface area contributed by atoms with Gasteiger partial charge in [0.25, 0.3) is 0 Å². The number of unbranched alkanes of at least 4 members (excludes halogenated alkanes) is 21. The maximum absolute atomic E-state index is 12.1. The Labute approximate surface area is 248 Å². The molecule has 5 heteroatoms. The van der Waals surface area contributed by atoms with Gasteiger partial charge in [-0.3, -0.25) is 9.59 Å². The molecule has 1 atom stereocenters. The van der Waals surface area contributed by atoms with Crippen molar-refractivity contribution in [3.8, 4) is 0 Å². The molecule has 5 nitrogen and oxygen atoms in total. The van der Waals surface area contributed by atoms with Gasteiger partial charge in [-0.15, -0.1) is 0 Å². The summed E-state index contributed by atoms with van der Waals surface area (Å²) in [5, 5.41) is 9.50. The van der Waals surface area contributed by atoms with E-state index in [0.29, 0.717) is 12.8 Å². The van der Waals surface area contributed by atoms with Crippen LogP contribution in [0.25, 0.3) is 0 Å². The first kappa shape index (κ1) is 38.6. The standard InChI is InChI=1S/C35H66O5/c1-3-5-7-9-11-13-15-17-19-21-23-25-27-29-34(37)39-32-33(31-36)40-35(38)30-28-26-24-22-20-18-16-14-12-10-8-6-4-2/h14,16,33,36H,3-13,15,17-32H2,1-2H3/b16-14+/t33-/m0/s1. The summed E-state index contributed by atoms with van der Waals surface area (Å²) < 4.78 is 10.5. The minimum absolute atomic E-state index is 0.0638. The molecule has 0 saturated carbocycles. The van der Waals surface area contributed by atoms with Crippen molar-refractivity contribution in [2.75, 3.05) is 13.2 Å². The molecule has 0 rings (SSSR count). The van der Waals surface area contributed by atoms with Crippen LogP contribution in [-0.2, 0) is 19.1 Å². The maximum Gasteiger partial charge on any atom is 0.306 e. The topological polar surface area (TPSA) is 72.8 Å². The largest absolute Gasteiger partial charge is 0.462 e. The second-order valence-electron chi connectivity index (χ2n) is 11.6. The van der Waals surface area contributed by atoms with Crippen molar-refractivity contribution in [1.29, 1.82) is 0 Å². The van der Waals surface area contributed by atoms with Crippen molar-refractivity contribution in [2.24, 2.45) is 0 Å². The molecule has 40 heavy (non-hydrogen) atoms. The molecule has 0 heterocycles. The highest BCUT2D eigenvalue weighted by Crippen LogP contribution is 2.14. The third-order valence-corrected chi connectivity index (χ3v) is 7.56. The number of hydrogen-bond donors (Lipinski definition) is 1. The smallest absolute Gasteiger partial charge is 0.306 e. The third kappa shape index (κ3) is 29.6. The Morgan fingerprint density at radius 3 is 1.38 bits per heavy atom. The predicted octanol–water partition coefficient (Wildman–Crippen LogP) is 10.2. The lowest BCUT2D eigenvalue weighted by Gasteiger charge is -2.15. The van der Waals surface area contributed by atoms with Crippen molar-refractivity contribution in [2.45, 2.75) is 187 Å². The number of esters is 2. The fourth-order valence-corrected chi connectivity index (χ4v) is 4.90. The second kappa shape index (κ2) is 32.2. The summed E-state index contributed by atoms with van der Waals surface area (Å²) in [5.74, 6) is -0.596. The SMILES string of the molecule is CCCCCC/C=C/CCCCCCCC(=O)O[C@@H](CO)COC(=O)CCCCCCCCCCCCCCC. The van der Waals surface area contributed by atoms with Crippen LogP contribution in [0.3, 0.4) is 0 Å². The van der Waals surface area contributed by atoms with E-state index in [1.165, 1.54) is 109 Å². The van der Waals surface area contributed by atoms with Gasteiger partial charge >= 0.3 is 11.9 Å². The van der Waals surface area contributed by atoms with Crippen LogP contribution in [0, 0.1) is 0 Å². The van der Waals surface area contributed by atoms with Gasteiger partial charge in [0.05, 0.1) is 6.61 Å². The van der Waals surface area contributed by atoms with Gasteiger partial charge in [-0.2, -0.15) is 0 Å². The Morgan fingerprint density at radius 2 is 0.925 bits per heavy atom. The summed E-state index contributed by atoms with van der Waals surface area (Å²) in [7, 11) is 0. The molecule has 0 aromatic heterocycles. The van der Waals surface area contributed by atoms with E-state index in [2.05, 4.69) is 26.0 Å². The van der Waals surface area contributed by atoms with Crippen LogP contribution in [0.5, 0.6) is 0 Å². The normalized spacial score (nSPS) is 12.2. The highest BCUT2D eigenvalue weighted by atomic mass is 16.6. The number of carbonyl (C=O) groups excluding carboxylic acids is 2. The summed E-state index contributed by atoms with van der Waals surface area (Å²) in [6.07, 6.45) is 34.0. The van der Waals surface area contributed by atoms with Crippen molar-refractivity contribution in [1.82, 2.24) is 0 Å². The third-order valence-electron chi connectivity index (χ3n) is 7.56. The number of aliphatic hydroxyl groups excluding tert-OH is 1. The number of carbonyl (C=O) groups is 2. The van der Waals surface area contributed by atoms with E-state index in [1.54, 1.807) is 0 Å². The molecule has 0 aliphatic heterocycles. The Balaban J connectivity index is 3.57. The van der Waals surface area contributed by atoms with E-state index in [1.807, 2.05) is 0 Å². The van der Waals surface area contributed by atoms with Crippen LogP contribution in [0.4, 0.5) is 0 Å². The van der Waals surface area contributed by atoms with Gasteiger partial charge in [0.1, 0.15) is 6.61 Å². The molecule has 0 aromatic carbocycles. The van der Waals surface area contributed by atoms with Crippen LogP contribution in [0.15, 0.2) is 12.2 Å². The molecule has 0 unspecified atom stereocenters. The van der Waals surface area contributed by atoms with E-state index >= 15 is 0 Å². The van der Waals surface area contributed by atoms with Crippen LogP contribution in [0.2, 0.25) is 0 Å². The quantitative estimate of drug-likeness (QED) is 0.0513. The Morgan fingerprint density at radius 1 is 0.550 bits per heavy atom. The van der Waals surface area contributed by atoms with E-state index in [-0.39, 0.29) is 25.2 Å². The molecule has 0 aromatic rings. The molecule has 0 bridgehead atoms. The van der Waals surface area contributed by atoms with Crippen molar-refractivity contribution >= 4 is 11.9 Å². The molecule has 0 spiro atoms. The van der Waals surface area contributed by atoms with Gasteiger partial charge in [0.15, 0.2) is 6.10 Å². The minimum atomic E-state index is -0.767. The maximum atomic E-state index is 12.1.